The summed E-state index contributed by atoms with van der Waals surface area (Å²) >= 11 is 0. The summed E-state index contributed by atoms with van der Waals surface area (Å²) in [4.78, 5) is 25.4. The van der Waals surface area contributed by atoms with Crippen molar-refractivity contribution in [3.8, 4) is 0 Å². The van der Waals surface area contributed by atoms with Gasteiger partial charge in [0.05, 0.1) is 11.5 Å². The van der Waals surface area contributed by atoms with Crippen molar-refractivity contribution in [1.29, 1.82) is 0 Å². The molecule has 1 aromatic rings. The number of hydrogen-bond donors (Lipinski definition) is 1. The van der Waals surface area contributed by atoms with Crippen molar-refractivity contribution in [3.05, 3.63) is 53.1 Å². The van der Waals surface area contributed by atoms with Crippen molar-refractivity contribution in [2.45, 2.75) is 59.2 Å². The number of ether oxygens (including phenoxy) is 1. The average Bonchev–Trinajstić information content (AvgIpc) is 2.65. The predicted octanol–water partition coefficient (Wildman–Crippen LogP) is 4.33. The molecule has 0 unspecified atom stereocenters. The van der Waals surface area contributed by atoms with E-state index in [1.165, 1.54) is 6.08 Å². The van der Waals surface area contributed by atoms with Gasteiger partial charge in [0.15, 0.2) is 0 Å². The van der Waals surface area contributed by atoms with Crippen LogP contribution in [0.3, 0.4) is 0 Å². The minimum atomic E-state index is -0.789. The molecule has 4 nitrogen and oxygen atoms in total. The first kappa shape index (κ1) is 20.5. The van der Waals surface area contributed by atoms with Crippen LogP contribution in [0.2, 0.25) is 0 Å². The number of rotatable bonds is 4. The molecule has 1 fully saturated rings. The number of carbonyl (C=O) groups excluding carboxylic acids is 2. The van der Waals surface area contributed by atoms with Gasteiger partial charge in [-0.1, -0.05) is 44.2 Å². The van der Waals surface area contributed by atoms with Crippen molar-refractivity contribution in [2.24, 2.45) is 17.3 Å². The van der Waals surface area contributed by atoms with E-state index in [2.05, 4.69) is 13.8 Å². The molecule has 0 bridgehead atoms. The summed E-state index contributed by atoms with van der Waals surface area (Å²) in [6.45, 7) is 8.04. The van der Waals surface area contributed by atoms with E-state index in [4.69, 9.17) is 4.74 Å². The fraction of sp³-hybridized carbons (Fsp3) is 0.500. The summed E-state index contributed by atoms with van der Waals surface area (Å²) in [5.74, 6) is 0.0559. The highest BCUT2D eigenvalue weighted by atomic mass is 16.5. The molecule has 0 aromatic heterocycles. The highest BCUT2D eigenvalue weighted by Crippen LogP contribution is 2.51. The molecule has 4 heteroatoms. The quantitative estimate of drug-likeness (QED) is 0.478. The molecule has 0 spiro atoms. The molecule has 2 aliphatic rings. The summed E-state index contributed by atoms with van der Waals surface area (Å²) in [6.07, 6.45) is 3.61. The normalized spacial score (nSPS) is 30.6. The number of fused-ring (bicyclic) bond motifs is 1. The van der Waals surface area contributed by atoms with E-state index in [0.29, 0.717) is 5.92 Å². The van der Waals surface area contributed by atoms with Crippen molar-refractivity contribution in [3.63, 3.8) is 0 Å². The molecular formula is C24H30O4. The zero-order valence-corrected chi connectivity index (χ0v) is 17.1. The lowest BCUT2D eigenvalue weighted by Gasteiger charge is -2.48. The maximum Gasteiger partial charge on any atom is 0.331 e. The number of aliphatic hydroxyl groups excluding tert-OH is 1. The monoisotopic (exact) mass is 382 g/mol. The van der Waals surface area contributed by atoms with Gasteiger partial charge in [-0.3, -0.25) is 4.79 Å². The minimum Gasteiger partial charge on any atom is -0.454 e. The van der Waals surface area contributed by atoms with Crippen LogP contribution in [0.15, 0.2) is 47.6 Å². The fourth-order valence-corrected chi connectivity index (χ4v) is 4.67. The van der Waals surface area contributed by atoms with Crippen LogP contribution in [0.1, 0.15) is 52.5 Å². The molecule has 1 aromatic carbocycles. The van der Waals surface area contributed by atoms with Crippen LogP contribution < -0.4 is 0 Å². The van der Waals surface area contributed by atoms with Gasteiger partial charge in [0.25, 0.3) is 0 Å². The standard InChI is InChI=1S/C24H30O4/c1-15(2)18-12-13-24(4)20(26)14-19(25)16(3)22(24)23(18)28-21(27)11-10-17-8-6-5-7-9-17/h5-11,15,18-19,23,25H,12-14H2,1-4H3/t18-,19-,23+,24-/m0/s1. The smallest absolute Gasteiger partial charge is 0.331 e. The molecule has 0 amide bonds. The van der Waals surface area contributed by atoms with Crippen LogP contribution >= 0.6 is 0 Å². The zero-order valence-electron chi connectivity index (χ0n) is 17.1. The van der Waals surface area contributed by atoms with Crippen LogP contribution in [0.5, 0.6) is 0 Å². The first-order chi connectivity index (χ1) is 13.2. The van der Waals surface area contributed by atoms with E-state index >= 15 is 0 Å². The van der Waals surface area contributed by atoms with Crippen molar-refractivity contribution in [2.75, 3.05) is 0 Å². The van der Waals surface area contributed by atoms with E-state index in [0.717, 1.165) is 29.6 Å². The maximum absolute atomic E-state index is 12.8. The van der Waals surface area contributed by atoms with Crippen molar-refractivity contribution in [1.82, 2.24) is 0 Å². The number of carbonyl (C=O) groups is 2. The summed E-state index contributed by atoms with van der Waals surface area (Å²) in [5, 5.41) is 10.4. The first-order valence-corrected chi connectivity index (χ1v) is 10.1. The predicted molar refractivity (Wildman–Crippen MR) is 109 cm³/mol. The van der Waals surface area contributed by atoms with E-state index in [-0.39, 0.29) is 18.1 Å². The molecule has 1 N–H and O–H groups in total. The van der Waals surface area contributed by atoms with Gasteiger partial charge >= 0.3 is 5.97 Å². The highest BCUT2D eigenvalue weighted by Gasteiger charge is 2.52. The molecule has 28 heavy (non-hydrogen) atoms. The maximum atomic E-state index is 12.8. The molecular weight excluding hydrogens is 352 g/mol. The van der Waals surface area contributed by atoms with Gasteiger partial charge in [0.1, 0.15) is 11.9 Å². The Morgan fingerprint density at radius 3 is 2.61 bits per heavy atom. The zero-order chi connectivity index (χ0) is 20.5. The molecule has 0 radical (unpaired) electrons. The van der Waals surface area contributed by atoms with Gasteiger partial charge in [0.2, 0.25) is 0 Å². The van der Waals surface area contributed by atoms with Crippen LogP contribution in [-0.2, 0) is 14.3 Å². The number of aliphatic hydroxyl groups is 1. The largest absolute Gasteiger partial charge is 0.454 e. The lowest BCUT2D eigenvalue weighted by Crippen LogP contribution is -2.50. The average molecular weight is 383 g/mol. The van der Waals surface area contributed by atoms with Crippen LogP contribution in [0, 0.1) is 17.3 Å². The van der Waals surface area contributed by atoms with Gasteiger partial charge < -0.3 is 9.84 Å². The van der Waals surface area contributed by atoms with Crippen molar-refractivity contribution < 1.29 is 19.4 Å². The van der Waals surface area contributed by atoms with Gasteiger partial charge in [0, 0.05) is 18.4 Å². The second-order valence-corrected chi connectivity index (χ2v) is 8.62. The fourth-order valence-electron chi connectivity index (χ4n) is 4.67. The van der Waals surface area contributed by atoms with Gasteiger partial charge in [-0.2, -0.15) is 0 Å². The summed E-state index contributed by atoms with van der Waals surface area (Å²) in [7, 11) is 0. The topological polar surface area (TPSA) is 63.6 Å². The molecule has 3 rings (SSSR count). The van der Waals surface area contributed by atoms with E-state index in [1.54, 1.807) is 6.08 Å². The second-order valence-electron chi connectivity index (χ2n) is 8.62. The Morgan fingerprint density at radius 1 is 1.29 bits per heavy atom. The molecule has 0 saturated heterocycles. The number of Topliss-reactive ketones (excluding diaryl/α,β-unsaturated/α-hetero) is 1. The van der Waals surface area contributed by atoms with Gasteiger partial charge in [-0.15, -0.1) is 0 Å². The Kier molecular flexibility index (Phi) is 5.90. The second kappa shape index (κ2) is 8.04. The minimum absolute atomic E-state index is 0.0451. The first-order valence-electron chi connectivity index (χ1n) is 10.1. The summed E-state index contributed by atoms with van der Waals surface area (Å²) < 4.78 is 5.94. The Labute approximate surface area is 167 Å². The Hall–Kier alpha value is -2.20. The molecule has 0 heterocycles. The Balaban J connectivity index is 1.92. The molecule has 4 atom stereocenters. The lowest BCUT2D eigenvalue weighted by atomic mass is 9.58. The highest BCUT2D eigenvalue weighted by molar-refractivity contribution is 5.91. The Morgan fingerprint density at radius 2 is 1.96 bits per heavy atom. The van der Waals surface area contributed by atoms with E-state index in [1.807, 2.05) is 44.2 Å². The SMILES string of the molecule is CC1=C2[C@H](OC(=O)C=Cc3ccccc3)[C@H](C(C)C)CC[C@@]2(C)C(=O)C[C@@H]1O. The molecule has 0 aliphatic heterocycles. The van der Waals surface area contributed by atoms with Gasteiger partial charge in [-0.25, -0.2) is 4.79 Å². The van der Waals surface area contributed by atoms with E-state index in [9.17, 15) is 14.7 Å². The van der Waals surface area contributed by atoms with Crippen LogP contribution in [0.25, 0.3) is 6.08 Å². The summed E-state index contributed by atoms with van der Waals surface area (Å²) in [5.41, 5.74) is 1.88. The Bertz CT molecular complexity index is 805. The van der Waals surface area contributed by atoms with Crippen LogP contribution in [-0.4, -0.2) is 29.1 Å². The number of hydrogen-bond acceptors (Lipinski definition) is 4. The van der Waals surface area contributed by atoms with Gasteiger partial charge in [-0.05, 0) is 55.4 Å². The third-order valence-corrected chi connectivity index (χ3v) is 6.48. The van der Waals surface area contributed by atoms with E-state index < -0.39 is 23.6 Å². The number of ketones is 1. The van der Waals surface area contributed by atoms with Crippen molar-refractivity contribution >= 4 is 17.8 Å². The lowest BCUT2D eigenvalue weighted by molar-refractivity contribution is -0.150. The molecule has 1 saturated carbocycles. The summed E-state index contributed by atoms with van der Waals surface area (Å²) in [6, 6.07) is 9.58. The number of esters is 1. The third-order valence-electron chi connectivity index (χ3n) is 6.48. The molecule has 150 valence electrons. The third kappa shape index (κ3) is 3.83. The number of benzene rings is 1. The van der Waals surface area contributed by atoms with Crippen LogP contribution in [0.4, 0.5) is 0 Å². The molecule has 2 aliphatic carbocycles.